The predicted octanol–water partition coefficient (Wildman–Crippen LogP) is 3.62. The molecule has 1 rings (SSSR count). The van der Waals surface area contributed by atoms with Crippen LogP contribution < -0.4 is 10.1 Å². The number of hydrogen-bond donors (Lipinski definition) is 1. The van der Waals surface area contributed by atoms with Gasteiger partial charge in [-0.05, 0) is 56.4 Å². The number of ether oxygens (including phenoxy) is 1. The van der Waals surface area contributed by atoms with Crippen LogP contribution in [0.3, 0.4) is 0 Å². The Labute approximate surface area is 122 Å². The van der Waals surface area contributed by atoms with Crippen LogP contribution >= 0.6 is 0 Å². The number of nitrogens with one attached hydrogen (secondary N) is 1. The minimum atomic E-state index is -0.432. The molecule has 0 unspecified atom stereocenters. The minimum Gasteiger partial charge on any atom is -0.481 e. The van der Waals surface area contributed by atoms with Crippen molar-refractivity contribution in [1.29, 1.82) is 0 Å². The van der Waals surface area contributed by atoms with Crippen molar-refractivity contribution in [3.63, 3.8) is 0 Å². The van der Waals surface area contributed by atoms with Crippen molar-refractivity contribution in [3.8, 4) is 5.75 Å². The van der Waals surface area contributed by atoms with E-state index in [0.29, 0.717) is 12.3 Å². The Hall–Kier alpha value is -1.51. The van der Waals surface area contributed by atoms with Gasteiger partial charge in [0, 0.05) is 6.04 Å². The maximum Gasteiger partial charge on any atom is 0.261 e. The molecule has 0 radical (unpaired) electrons. The van der Waals surface area contributed by atoms with Crippen LogP contribution in [-0.4, -0.2) is 18.1 Å². The van der Waals surface area contributed by atoms with Crippen molar-refractivity contribution < 1.29 is 9.53 Å². The Morgan fingerprint density at radius 1 is 1.20 bits per heavy atom. The molecule has 0 aliphatic rings. The number of carbonyl (C=O) groups is 1. The summed E-state index contributed by atoms with van der Waals surface area (Å²) >= 11 is 0. The van der Waals surface area contributed by atoms with Crippen molar-refractivity contribution in [2.45, 2.75) is 60.1 Å². The van der Waals surface area contributed by atoms with E-state index in [-0.39, 0.29) is 11.9 Å². The molecule has 0 aliphatic heterocycles. The minimum absolute atomic E-state index is 0.0353. The van der Waals surface area contributed by atoms with Gasteiger partial charge in [-0.2, -0.15) is 0 Å². The summed E-state index contributed by atoms with van der Waals surface area (Å²) in [6.07, 6.45) is 0.224. The summed E-state index contributed by atoms with van der Waals surface area (Å²) in [6.45, 7) is 12.3. The highest BCUT2D eigenvalue weighted by Crippen LogP contribution is 2.18. The zero-order chi connectivity index (χ0) is 15.3. The molecule has 0 saturated carbocycles. The molecule has 0 fully saturated rings. The molecular weight excluding hydrogens is 250 g/mol. The summed E-state index contributed by atoms with van der Waals surface area (Å²) < 4.78 is 5.83. The Morgan fingerprint density at radius 3 is 2.35 bits per heavy atom. The Bertz CT molecular complexity index is 454. The zero-order valence-corrected chi connectivity index (χ0v) is 13.5. The summed E-state index contributed by atoms with van der Waals surface area (Å²) in [7, 11) is 0. The lowest BCUT2D eigenvalue weighted by Crippen LogP contribution is -2.44. The average molecular weight is 277 g/mol. The second-order valence-corrected chi connectivity index (χ2v) is 5.80. The van der Waals surface area contributed by atoms with E-state index in [1.807, 2.05) is 39.0 Å². The van der Waals surface area contributed by atoms with Crippen LogP contribution in [0.1, 0.15) is 45.2 Å². The lowest BCUT2D eigenvalue weighted by molar-refractivity contribution is -0.129. The van der Waals surface area contributed by atoms with E-state index in [2.05, 4.69) is 26.1 Å². The molecule has 1 aromatic rings. The molecule has 0 bridgehead atoms. The van der Waals surface area contributed by atoms with Crippen LogP contribution in [0.2, 0.25) is 0 Å². The molecule has 0 saturated heterocycles. The molecule has 0 spiro atoms. The summed E-state index contributed by atoms with van der Waals surface area (Å²) in [5.41, 5.74) is 2.40. The third-order valence-electron chi connectivity index (χ3n) is 3.79. The first kappa shape index (κ1) is 16.5. The highest BCUT2D eigenvalue weighted by Gasteiger charge is 2.21. The fourth-order valence-electron chi connectivity index (χ4n) is 1.76. The number of benzene rings is 1. The van der Waals surface area contributed by atoms with Crippen LogP contribution in [0.25, 0.3) is 0 Å². The van der Waals surface area contributed by atoms with Crippen molar-refractivity contribution in [2.24, 2.45) is 5.92 Å². The monoisotopic (exact) mass is 277 g/mol. The highest BCUT2D eigenvalue weighted by molar-refractivity contribution is 5.81. The van der Waals surface area contributed by atoms with Gasteiger partial charge in [0.1, 0.15) is 5.75 Å². The van der Waals surface area contributed by atoms with Crippen LogP contribution in [0.5, 0.6) is 5.75 Å². The van der Waals surface area contributed by atoms with Crippen molar-refractivity contribution in [2.75, 3.05) is 0 Å². The van der Waals surface area contributed by atoms with Crippen LogP contribution in [0.4, 0.5) is 0 Å². The molecule has 0 heterocycles. The van der Waals surface area contributed by atoms with E-state index in [1.165, 1.54) is 11.1 Å². The van der Waals surface area contributed by atoms with E-state index in [9.17, 15) is 4.79 Å². The van der Waals surface area contributed by atoms with Crippen molar-refractivity contribution >= 4 is 5.91 Å². The molecule has 1 aromatic carbocycles. The molecule has 3 nitrogen and oxygen atoms in total. The standard InChI is InChI=1S/C17H27NO2/c1-7-16(17(19)18-14(6)11(2)3)20-15-9-8-12(4)13(5)10-15/h8-11,14,16H,7H2,1-6H3,(H,18,19)/t14-,16+/m1/s1. The van der Waals surface area contributed by atoms with Gasteiger partial charge in [-0.25, -0.2) is 0 Å². The molecule has 1 amide bonds. The normalized spacial score (nSPS) is 13.9. The van der Waals surface area contributed by atoms with E-state index in [1.54, 1.807) is 0 Å². The highest BCUT2D eigenvalue weighted by atomic mass is 16.5. The smallest absolute Gasteiger partial charge is 0.261 e. The molecule has 112 valence electrons. The maximum atomic E-state index is 12.2. The molecule has 0 aromatic heterocycles. The van der Waals surface area contributed by atoms with Gasteiger partial charge in [-0.1, -0.05) is 26.8 Å². The second-order valence-electron chi connectivity index (χ2n) is 5.80. The van der Waals surface area contributed by atoms with Gasteiger partial charge in [0.05, 0.1) is 0 Å². The fourth-order valence-corrected chi connectivity index (χ4v) is 1.76. The van der Waals surface area contributed by atoms with Gasteiger partial charge in [-0.3, -0.25) is 4.79 Å². The molecular formula is C17H27NO2. The van der Waals surface area contributed by atoms with Crippen molar-refractivity contribution in [3.05, 3.63) is 29.3 Å². The summed E-state index contributed by atoms with van der Waals surface area (Å²) in [5.74, 6) is 1.14. The average Bonchev–Trinajstić information content (AvgIpc) is 2.39. The number of amides is 1. The van der Waals surface area contributed by atoms with Gasteiger partial charge < -0.3 is 10.1 Å². The molecule has 1 N–H and O–H groups in total. The van der Waals surface area contributed by atoms with Gasteiger partial charge in [0.25, 0.3) is 5.91 Å². The summed E-state index contributed by atoms with van der Waals surface area (Å²) in [6, 6.07) is 6.08. The third kappa shape index (κ3) is 4.55. The van der Waals surface area contributed by atoms with E-state index in [4.69, 9.17) is 4.74 Å². The summed E-state index contributed by atoms with van der Waals surface area (Å²) in [4.78, 5) is 12.2. The fraction of sp³-hybridized carbons (Fsp3) is 0.588. The number of carbonyl (C=O) groups excluding carboxylic acids is 1. The van der Waals surface area contributed by atoms with E-state index in [0.717, 1.165) is 5.75 Å². The van der Waals surface area contributed by atoms with Crippen LogP contribution in [-0.2, 0) is 4.79 Å². The quantitative estimate of drug-likeness (QED) is 0.862. The number of rotatable bonds is 6. The maximum absolute atomic E-state index is 12.2. The largest absolute Gasteiger partial charge is 0.481 e. The van der Waals surface area contributed by atoms with Gasteiger partial charge in [-0.15, -0.1) is 0 Å². The Kier molecular flexibility index (Phi) is 6.05. The van der Waals surface area contributed by atoms with E-state index < -0.39 is 6.10 Å². The molecule has 0 aliphatic carbocycles. The van der Waals surface area contributed by atoms with Gasteiger partial charge in [0.2, 0.25) is 0 Å². The lowest BCUT2D eigenvalue weighted by atomic mass is 10.1. The van der Waals surface area contributed by atoms with Crippen molar-refractivity contribution in [1.82, 2.24) is 5.32 Å². The number of hydrogen-bond acceptors (Lipinski definition) is 2. The SMILES string of the molecule is CC[C@H](Oc1ccc(C)c(C)c1)C(=O)N[C@H](C)C(C)C. The topological polar surface area (TPSA) is 38.3 Å². The molecule has 20 heavy (non-hydrogen) atoms. The second kappa shape index (κ2) is 7.32. The molecule has 2 atom stereocenters. The Morgan fingerprint density at radius 2 is 1.85 bits per heavy atom. The Balaban J connectivity index is 2.71. The predicted molar refractivity (Wildman–Crippen MR) is 83.1 cm³/mol. The van der Waals surface area contributed by atoms with Gasteiger partial charge >= 0.3 is 0 Å². The lowest BCUT2D eigenvalue weighted by Gasteiger charge is -2.22. The zero-order valence-electron chi connectivity index (χ0n) is 13.5. The molecule has 3 heteroatoms. The van der Waals surface area contributed by atoms with Crippen LogP contribution in [0, 0.1) is 19.8 Å². The first-order valence-electron chi connectivity index (χ1n) is 7.39. The first-order chi connectivity index (χ1) is 9.35. The third-order valence-corrected chi connectivity index (χ3v) is 3.79. The number of aryl methyl sites for hydroxylation is 2. The van der Waals surface area contributed by atoms with Crippen LogP contribution in [0.15, 0.2) is 18.2 Å². The van der Waals surface area contributed by atoms with Gasteiger partial charge in [0.15, 0.2) is 6.10 Å². The first-order valence-corrected chi connectivity index (χ1v) is 7.39. The van der Waals surface area contributed by atoms with E-state index >= 15 is 0 Å². The summed E-state index contributed by atoms with van der Waals surface area (Å²) in [5, 5.41) is 3.01.